The molecule has 2 N–H and O–H groups in total. The number of halogens is 1. The number of rotatable bonds is 1. The van der Waals surface area contributed by atoms with Gasteiger partial charge in [-0.2, -0.15) is 0 Å². The highest BCUT2D eigenvalue weighted by molar-refractivity contribution is 6.30. The van der Waals surface area contributed by atoms with Crippen LogP contribution in [-0.2, 0) is 13.0 Å². The third-order valence-corrected chi connectivity index (χ3v) is 4.29. The SMILES string of the molecule is O=C(O)N1CCCC1c1cc(Cl)cc2c1CNCC2. The zero-order chi connectivity index (χ0) is 13.4. The second-order valence-electron chi connectivity index (χ2n) is 5.19. The highest BCUT2D eigenvalue weighted by Crippen LogP contribution is 2.37. The van der Waals surface area contributed by atoms with Crippen molar-refractivity contribution in [2.75, 3.05) is 13.1 Å². The Kier molecular flexibility index (Phi) is 3.37. The van der Waals surface area contributed by atoms with Gasteiger partial charge in [-0.1, -0.05) is 11.6 Å². The molecule has 1 atom stereocenters. The molecule has 2 heterocycles. The van der Waals surface area contributed by atoms with Gasteiger partial charge in [0.05, 0.1) is 6.04 Å². The van der Waals surface area contributed by atoms with Gasteiger partial charge in [-0.05, 0) is 54.6 Å². The van der Waals surface area contributed by atoms with Crippen LogP contribution in [0.4, 0.5) is 4.79 Å². The molecule has 1 unspecified atom stereocenters. The van der Waals surface area contributed by atoms with Crippen molar-refractivity contribution in [3.05, 3.63) is 33.8 Å². The van der Waals surface area contributed by atoms with E-state index in [9.17, 15) is 9.90 Å². The molecule has 0 aromatic heterocycles. The smallest absolute Gasteiger partial charge is 0.407 e. The Bertz CT molecular complexity index is 518. The molecule has 4 nitrogen and oxygen atoms in total. The molecule has 1 saturated heterocycles. The summed E-state index contributed by atoms with van der Waals surface area (Å²) in [7, 11) is 0. The van der Waals surface area contributed by atoms with Crippen molar-refractivity contribution < 1.29 is 9.90 Å². The van der Waals surface area contributed by atoms with Crippen LogP contribution in [0.5, 0.6) is 0 Å². The molecule has 1 fully saturated rings. The number of hydrogen-bond acceptors (Lipinski definition) is 2. The Morgan fingerprint density at radius 1 is 1.47 bits per heavy atom. The predicted molar refractivity (Wildman–Crippen MR) is 73.6 cm³/mol. The van der Waals surface area contributed by atoms with E-state index in [-0.39, 0.29) is 6.04 Å². The summed E-state index contributed by atoms with van der Waals surface area (Å²) in [5.74, 6) is 0. The lowest BCUT2D eigenvalue weighted by atomic mass is 9.91. The molecule has 3 rings (SSSR count). The second kappa shape index (κ2) is 5.02. The van der Waals surface area contributed by atoms with Gasteiger partial charge in [-0.15, -0.1) is 0 Å². The molecular weight excluding hydrogens is 264 g/mol. The highest BCUT2D eigenvalue weighted by Gasteiger charge is 2.32. The van der Waals surface area contributed by atoms with E-state index in [1.54, 1.807) is 4.90 Å². The zero-order valence-electron chi connectivity index (χ0n) is 10.7. The van der Waals surface area contributed by atoms with E-state index in [2.05, 4.69) is 5.32 Å². The van der Waals surface area contributed by atoms with E-state index < -0.39 is 6.09 Å². The standard InChI is InChI=1S/C14H17ClN2O2/c15-10-6-9-3-4-16-8-12(9)11(7-10)13-2-1-5-17(13)14(18)19/h6-7,13,16H,1-5,8H2,(H,18,19). The normalized spacial score (nSPS) is 22.4. The van der Waals surface area contributed by atoms with Crippen molar-refractivity contribution >= 4 is 17.7 Å². The predicted octanol–water partition coefficient (Wildman–Crippen LogP) is 2.80. The number of benzene rings is 1. The fraction of sp³-hybridized carbons (Fsp3) is 0.500. The quantitative estimate of drug-likeness (QED) is 0.832. The summed E-state index contributed by atoms with van der Waals surface area (Å²) in [6.45, 7) is 2.39. The number of nitrogens with one attached hydrogen (secondary N) is 1. The van der Waals surface area contributed by atoms with Gasteiger partial charge in [0.1, 0.15) is 0 Å². The van der Waals surface area contributed by atoms with Gasteiger partial charge in [0.15, 0.2) is 0 Å². The maximum absolute atomic E-state index is 11.3. The summed E-state index contributed by atoms with van der Waals surface area (Å²) < 4.78 is 0. The highest BCUT2D eigenvalue weighted by atomic mass is 35.5. The van der Waals surface area contributed by atoms with Crippen LogP contribution in [0.25, 0.3) is 0 Å². The molecule has 1 amide bonds. The summed E-state index contributed by atoms with van der Waals surface area (Å²) in [6, 6.07) is 3.92. The molecule has 5 heteroatoms. The van der Waals surface area contributed by atoms with Crippen molar-refractivity contribution in [2.24, 2.45) is 0 Å². The maximum Gasteiger partial charge on any atom is 0.407 e. The van der Waals surface area contributed by atoms with E-state index in [1.807, 2.05) is 12.1 Å². The number of fused-ring (bicyclic) bond motifs is 1. The van der Waals surface area contributed by atoms with Crippen molar-refractivity contribution in [2.45, 2.75) is 31.8 Å². The average molecular weight is 281 g/mol. The number of carbonyl (C=O) groups is 1. The maximum atomic E-state index is 11.3. The molecule has 1 aromatic rings. The van der Waals surface area contributed by atoms with Gasteiger partial charge in [0.2, 0.25) is 0 Å². The third kappa shape index (κ3) is 2.30. The fourth-order valence-corrected chi connectivity index (χ4v) is 3.46. The van der Waals surface area contributed by atoms with Crippen molar-refractivity contribution in [1.29, 1.82) is 0 Å². The molecule has 0 bridgehead atoms. The first-order chi connectivity index (χ1) is 9.16. The van der Waals surface area contributed by atoms with Crippen LogP contribution in [0.3, 0.4) is 0 Å². The Hall–Kier alpha value is -1.26. The first kappa shape index (κ1) is 12.8. The van der Waals surface area contributed by atoms with Crippen LogP contribution < -0.4 is 5.32 Å². The lowest BCUT2D eigenvalue weighted by Crippen LogP contribution is -2.31. The number of amides is 1. The molecule has 0 spiro atoms. The summed E-state index contributed by atoms with van der Waals surface area (Å²) >= 11 is 6.20. The minimum absolute atomic E-state index is 0.0372. The monoisotopic (exact) mass is 280 g/mol. The number of likely N-dealkylation sites (tertiary alicyclic amines) is 1. The minimum Gasteiger partial charge on any atom is -0.465 e. The van der Waals surface area contributed by atoms with E-state index in [0.717, 1.165) is 37.9 Å². The molecule has 102 valence electrons. The Balaban J connectivity index is 2.04. The Morgan fingerprint density at radius 3 is 3.11 bits per heavy atom. The molecule has 2 aliphatic rings. The van der Waals surface area contributed by atoms with Crippen LogP contribution >= 0.6 is 11.6 Å². The molecule has 0 aliphatic carbocycles. The molecule has 2 aliphatic heterocycles. The first-order valence-electron chi connectivity index (χ1n) is 6.68. The zero-order valence-corrected chi connectivity index (χ0v) is 11.4. The molecule has 0 saturated carbocycles. The summed E-state index contributed by atoms with van der Waals surface area (Å²) in [5.41, 5.74) is 3.60. The molecular formula is C14H17ClN2O2. The van der Waals surface area contributed by atoms with Crippen LogP contribution in [0, 0.1) is 0 Å². The second-order valence-corrected chi connectivity index (χ2v) is 5.63. The van der Waals surface area contributed by atoms with E-state index in [4.69, 9.17) is 11.6 Å². The van der Waals surface area contributed by atoms with Crippen molar-refractivity contribution in [3.63, 3.8) is 0 Å². The van der Waals surface area contributed by atoms with Crippen LogP contribution in [-0.4, -0.2) is 29.2 Å². The number of carboxylic acid groups (broad SMARTS) is 1. The van der Waals surface area contributed by atoms with E-state index in [0.29, 0.717) is 11.6 Å². The number of hydrogen-bond donors (Lipinski definition) is 2. The van der Waals surface area contributed by atoms with Gasteiger partial charge in [0.25, 0.3) is 0 Å². The summed E-state index contributed by atoms with van der Waals surface area (Å²) in [5, 5.41) is 13.4. The van der Waals surface area contributed by atoms with Gasteiger partial charge >= 0.3 is 6.09 Å². The largest absolute Gasteiger partial charge is 0.465 e. The summed E-state index contributed by atoms with van der Waals surface area (Å²) in [6.07, 6.45) is 1.94. The molecule has 19 heavy (non-hydrogen) atoms. The van der Waals surface area contributed by atoms with E-state index >= 15 is 0 Å². The van der Waals surface area contributed by atoms with Crippen LogP contribution in [0.15, 0.2) is 12.1 Å². The fourth-order valence-electron chi connectivity index (χ4n) is 3.21. The Morgan fingerprint density at radius 2 is 2.32 bits per heavy atom. The number of nitrogens with zero attached hydrogens (tertiary/aromatic N) is 1. The summed E-state index contributed by atoms with van der Waals surface area (Å²) in [4.78, 5) is 12.9. The lowest BCUT2D eigenvalue weighted by molar-refractivity contribution is 0.140. The Labute approximate surface area is 117 Å². The minimum atomic E-state index is -0.833. The van der Waals surface area contributed by atoms with Gasteiger partial charge < -0.3 is 15.3 Å². The van der Waals surface area contributed by atoms with Crippen LogP contribution in [0.2, 0.25) is 5.02 Å². The average Bonchev–Trinajstić information content (AvgIpc) is 2.86. The van der Waals surface area contributed by atoms with Gasteiger partial charge in [-0.25, -0.2) is 4.79 Å². The lowest BCUT2D eigenvalue weighted by Gasteiger charge is -2.28. The molecule has 1 aromatic carbocycles. The van der Waals surface area contributed by atoms with Gasteiger partial charge in [-0.3, -0.25) is 0 Å². The molecule has 0 radical (unpaired) electrons. The topological polar surface area (TPSA) is 52.6 Å². The van der Waals surface area contributed by atoms with Crippen molar-refractivity contribution in [3.8, 4) is 0 Å². The third-order valence-electron chi connectivity index (χ3n) is 4.07. The van der Waals surface area contributed by atoms with E-state index in [1.165, 1.54) is 11.1 Å². The van der Waals surface area contributed by atoms with Crippen molar-refractivity contribution in [1.82, 2.24) is 10.2 Å². The first-order valence-corrected chi connectivity index (χ1v) is 7.06. The van der Waals surface area contributed by atoms with Gasteiger partial charge in [0, 0.05) is 18.1 Å². The van der Waals surface area contributed by atoms with Crippen LogP contribution in [0.1, 0.15) is 35.6 Å².